The van der Waals surface area contributed by atoms with Gasteiger partial charge in [0.1, 0.15) is 24.4 Å². The van der Waals surface area contributed by atoms with E-state index in [9.17, 15) is 22.3 Å². The first-order chi connectivity index (χ1) is 8.61. The smallest absolute Gasteiger partial charge is 0.339 e. The average Bonchev–Trinajstić information content (AvgIpc) is 2.06. The van der Waals surface area contributed by atoms with Gasteiger partial charge in [0.05, 0.1) is 0 Å². The van der Waals surface area contributed by atoms with Crippen molar-refractivity contribution in [1.82, 2.24) is 4.90 Å². The minimum absolute atomic E-state index is 0.0949. The molecule has 0 heterocycles. The number of carboxylic acids is 1. The van der Waals surface area contributed by atoms with E-state index in [0.717, 1.165) is 0 Å². The molecule has 0 aliphatic heterocycles. The molecule has 12 nitrogen and oxygen atoms in total. The van der Waals surface area contributed by atoms with Gasteiger partial charge in [0, 0.05) is 0 Å². The topological polar surface area (TPSA) is 210 Å². The predicted octanol–water partition coefficient (Wildman–Crippen LogP) is -2.10. The maximum absolute atomic E-state index is 10.9. The second kappa shape index (κ2) is 6.60. The molecule has 15 heteroatoms. The molecule has 0 radical (unpaired) electrons. The Labute approximate surface area is 113 Å². The van der Waals surface area contributed by atoms with Crippen LogP contribution in [0.2, 0.25) is 0 Å². The lowest BCUT2D eigenvalue weighted by molar-refractivity contribution is -0.141. The van der Waals surface area contributed by atoms with Gasteiger partial charge in [0.25, 0.3) is 10.1 Å². The predicted molar refractivity (Wildman–Crippen MR) is 63.5 cm³/mol. The van der Waals surface area contributed by atoms with E-state index in [-0.39, 0.29) is 4.90 Å². The summed E-state index contributed by atoms with van der Waals surface area (Å²) in [4.78, 5) is 45.9. The zero-order valence-electron chi connectivity index (χ0n) is 9.67. The number of hydrogen-bond donors (Lipinski definition) is 6. The monoisotopic (exact) mass is 357 g/mol. The van der Waals surface area contributed by atoms with Crippen LogP contribution in [-0.2, 0) is 24.0 Å². The van der Waals surface area contributed by atoms with Crippen molar-refractivity contribution in [2.75, 3.05) is 18.3 Å². The molecule has 0 aromatic carbocycles. The molecular formula is C5H13NO11P2S. The lowest BCUT2D eigenvalue weighted by Crippen LogP contribution is -2.46. The van der Waals surface area contributed by atoms with Gasteiger partial charge in [-0.15, -0.1) is 0 Å². The van der Waals surface area contributed by atoms with E-state index in [1.807, 2.05) is 0 Å². The molecule has 0 saturated carbocycles. The van der Waals surface area contributed by atoms with E-state index in [1.54, 1.807) is 0 Å². The van der Waals surface area contributed by atoms with Gasteiger partial charge in [-0.1, -0.05) is 0 Å². The summed E-state index contributed by atoms with van der Waals surface area (Å²) < 4.78 is 51.5. The van der Waals surface area contributed by atoms with Gasteiger partial charge in [-0.3, -0.25) is 23.4 Å². The largest absolute Gasteiger partial charge is 0.480 e. The minimum atomic E-state index is -4.92. The Morgan fingerprint density at radius 1 is 1.05 bits per heavy atom. The second-order valence-corrected chi connectivity index (χ2v) is 8.53. The van der Waals surface area contributed by atoms with Crippen molar-refractivity contribution < 1.29 is 51.6 Å². The molecule has 0 bridgehead atoms. The zero-order valence-corrected chi connectivity index (χ0v) is 12.3. The van der Waals surface area contributed by atoms with Crippen molar-refractivity contribution in [2.45, 2.75) is 6.04 Å². The Morgan fingerprint density at radius 2 is 1.40 bits per heavy atom. The molecule has 20 heavy (non-hydrogen) atoms. The molecule has 0 aromatic rings. The van der Waals surface area contributed by atoms with Crippen LogP contribution in [0.4, 0.5) is 0 Å². The van der Waals surface area contributed by atoms with Gasteiger partial charge < -0.3 is 24.7 Å². The molecule has 0 aromatic heterocycles. The first kappa shape index (κ1) is 19.6. The van der Waals surface area contributed by atoms with Crippen molar-refractivity contribution in [3.63, 3.8) is 0 Å². The zero-order chi connectivity index (χ0) is 16.4. The van der Waals surface area contributed by atoms with E-state index >= 15 is 0 Å². The number of rotatable bonds is 8. The summed E-state index contributed by atoms with van der Waals surface area (Å²) in [5, 5.41) is 8.78. The molecule has 120 valence electrons. The summed E-state index contributed by atoms with van der Waals surface area (Å²) >= 11 is 0. The normalized spacial score (nSPS) is 15.3. The first-order valence-corrected chi connectivity index (χ1v) is 9.82. The van der Waals surface area contributed by atoms with E-state index in [1.165, 1.54) is 0 Å². The number of nitrogens with zero attached hydrogens (tertiary/aromatic N) is 1. The van der Waals surface area contributed by atoms with Crippen molar-refractivity contribution in [2.24, 2.45) is 0 Å². The van der Waals surface area contributed by atoms with Gasteiger partial charge in [0.15, 0.2) is 0 Å². The lowest BCUT2D eigenvalue weighted by Gasteiger charge is -2.28. The van der Waals surface area contributed by atoms with Crippen LogP contribution in [0, 0.1) is 0 Å². The van der Waals surface area contributed by atoms with Crippen molar-refractivity contribution in [1.29, 1.82) is 0 Å². The molecule has 1 atom stereocenters. The lowest BCUT2D eigenvalue weighted by atomic mass is 10.3. The van der Waals surface area contributed by atoms with Crippen LogP contribution in [0.1, 0.15) is 0 Å². The summed E-state index contributed by atoms with van der Waals surface area (Å²) in [5.41, 5.74) is 0. The Balaban J connectivity index is 5.47. The van der Waals surface area contributed by atoms with Crippen LogP contribution in [0.3, 0.4) is 0 Å². The van der Waals surface area contributed by atoms with Crippen LogP contribution in [0.15, 0.2) is 0 Å². The van der Waals surface area contributed by atoms with E-state index in [2.05, 4.69) is 0 Å². The quantitative estimate of drug-likeness (QED) is 0.204. The molecule has 0 saturated heterocycles. The number of hydrogen-bond acceptors (Lipinski definition) is 6. The van der Waals surface area contributed by atoms with Crippen molar-refractivity contribution in [3.05, 3.63) is 0 Å². The van der Waals surface area contributed by atoms with Gasteiger partial charge >= 0.3 is 21.2 Å². The van der Waals surface area contributed by atoms with Gasteiger partial charge in [-0.25, -0.2) is 0 Å². The van der Waals surface area contributed by atoms with Crippen LogP contribution >= 0.6 is 15.2 Å². The van der Waals surface area contributed by atoms with Crippen molar-refractivity contribution >= 4 is 31.3 Å². The highest BCUT2D eigenvalue weighted by Gasteiger charge is 2.37. The molecule has 1 unspecified atom stereocenters. The van der Waals surface area contributed by atoms with E-state index in [0.29, 0.717) is 0 Å². The fourth-order valence-electron chi connectivity index (χ4n) is 1.25. The average molecular weight is 357 g/mol. The Bertz CT molecular complexity index is 521. The van der Waals surface area contributed by atoms with Gasteiger partial charge in [-0.05, 0) is 0 Å². The molecule has 0 amide bonds. The summed E-state index contributed by atoms with van der Waals surface area (Å²) in [5.74, 6) is -3.41. The molecule has 0 aliphatic carbocycles. The maximum atomic E-state index is 10.9. The van der Waals surface area contributed by atoms with Crippen molar-refractivity contribution in [3.8, 4) is 0 Å². The van der Waals surface area contributed by atoms with Crippen LogP contribution < -0.4 is 0 Å². The molecule has 6 N–H and O–H groups in total. The number of aliphatic carboxylic acids is 1. The third kappa shape index (κ3) is 9.53. The van der Waals surface area contributed by atoms with Crippen LogP contribution in [0.5, 0.6) is 0 Å². The van der Waals surface area contributed by atoms with E-state index in [4.69, 9.17) is 29.2 Å². The fraction of sp³-hybridized carbons (Fsp3) is 0.800. The van der Waals surface area contributed by atoms with Crippen LogP contribution in [-0.4, -0.2) is 72.9 Å². The second-order valence-electron chi connectivity index (χ2n) is 3.80. The number of carbonyl (C=O) groups is 1. The Hall–Kier alpha value is -0.360. The summed E-state index contributed by atoms with van der Waals surface area (Å²) in [6.07, 6.45) is -2.80. The summed E-state index contributed by atoms with van der Waals surface area (Å²) in [7, 11) is -14.7. The fourth-order valence-corrected chi connectivity index (χ4v) is 3.70. The highest BCUT2D eigenvalue weighted by Crippen LogP contribution is 2.41. The molecule has 0 spiro atoms. The maximum Gasteiger partial charge on any atom is 0.339 e. The molecule has 0 fully saturated rings. The molecule has 0 rings (SSSR count). The highest BCUT2D eigenvalue weighted by atomic mass is 32.2. The third-order valence-electron chi connectivity index (χ3n) is 1.83. The Morgan fingerprint density at radius 3 is 1.60 bits per heavy atom. The van der Waals surface area contributed by atoms with Gasteiger partial charge in [0.2, 0.25) is 0 Å². The summed E-state index contributed by atoms with van der Waals surface area (Å²) in [6, 6.07) is -2.23. The third-order valence-corrected chi connectivity index (χ3v) is 4.03. The molecule has 0 aliphatic rings. The molecular weight excluding hydrogens is 344 g/mol. The Kier molecular flexibility index (Phi) is 6.48. The SMILES string of the molecule is O=C(O)C(CS(=O)(=O)O)N(CP(=O)(O)O)CP(=O)(O)O. The minimum Gasteiger partial charge on any atom is -0.480 e. The standard InChI is InChI=1S/C5H13NO11P2S/c7-5(8)4(1-20(15,16)17)6(2-18(9,10)11)3-19(12,13)14/h4H,1-3H2,(H,7,8)(H2,9,10,11)(H2,12,13,14)(H,15,16,17). The van der Waals surface area contributed by atoms with Gasteiger partial charge in [-0.2, -0.15) is 8.42 Å². The highest BCUT2D eigenvalue weighted by molar-refractivity contribution is 7.85. The first-order valence-electron chi connectivity index (χ1n) is 4.62. The summed E-state index contributed by atoms with van der Waals surface area (Å²) in [6.45, 7) is 0. The van der Waals surface area contributed by atoms with Crippen LogP contribution in [0.25, 0.3) is 0 Å². The number of carboxylic acid groups (broad SMARTS) is 1. The van der Waals surface area contributed by atoms with E-state index < -0.39 is 55.6 Å².